The van der Waals surface area contributed by atoms with E-state index in [0.717, 1.165) is 5.56 Å². The highest BCUT2D eigenvalue weighted by Gasteiger charge is 2.25. The predicted molar refractivity (Wildman–Crippen MR) is 103 cm³/mol. The van der Waals surface area contributed by atoms with E-state index in [2.05, 4.69) is 60.5 Å². The largest absolute Gasteiger partial charge is 0.383 e. The number of nitrogens with zero attached hydrogens (tertiary/aromatic N) is 2. The second-order valence-corrected chi connectivity index (χ2v) is 7.56. The Kier molecular flexibility index (Phi) is 4.17. The average molecular weight is 341 g/mol. The lowest BCUT2D eigenvalue weighted by atomic mass is 9.89. The van der Waals surface area contributed by atoms with Gasteiger partial charge in [-0.15, -0.1) is 11.8 Å². The van der Waals surface area contributed by atoms with Crippen molar-refractivity contribution in [1.29, 1.82) is 0 Å². The molecule has 5 N–H and O–H groups in total. The molecule has 24 heavy (non-hydrogen) atoms. The van der Waals surface area contributed by atoms with Crippen LogP contribution in [0.5, 0.6) is 0 Å². The van der Waals surface area contributed by atoms with Crippen LogP contribution in [0.25, 0.3) is 5.57 Å². The molecule has 0 amide bonds. The van der Waals surface area contributed by atoms with Crippen molar-refractivity contribution in [3.8, 4) is 0 Å². The molecule has 6 heteroatoms. The molecule has 0 saturated carbocycles. The number of benzene rings is 1. The Morgan fingerprint density at radius 1 is 1.25 bits per heavy atom. The number of anilines is 3. The number of nitrogens with one attached hydrogen (secondary N) is 1. The van der Waals surface area contributed by atoms with Crippen LogP contribution in [0.2, 0.25) is 0 Å². The molecular weight excluding hydrogens is 318 g/mol. The highest BCUT2D eigenvalue weighted by Crippen LogP contribution is 2.40. The summed E-state index contributed by atoms with van der Waals surface area (Å²) in [5, 5.41) is 3.63. The molecule has 5 nitrogen and oxygen atoms in total. The van der Waals surface area contributed by atoms with Crippen LogP contribution in [0.4, 0.5) is 17.5 Å². The molecule has 0 bridgehead atoms. The minimum absolute atomic E-state index is 0.0433. The lowest BCUT2D eigenvalue weighted by Gasteiger charge is -2.33. The molecule has 0 saturated heterocycles. The average Bonchev–Trinajstić information content (AvgIpc) is 2.49. The first-order valence-corrected chi connectivity index (χ1v) is 9.07. The summed E-state index contributed by atoms with van der Waals surface area (Å²) in [7, 11) is 0. The summed E-state index contributed by atoms with van der Waals surface area (Å²) in [5.41, 5.74) is 17.3. The van der Waals surface area contributed by atoms with Crippen LogP contribution in [-0.2, 0) is 6.42 Å². The van der Waals surface area contributed by atoms with Gasteiger partial charge in [0.1, 0.15) is 5.82 Å². The molecule has 0 atom stereocenters. The molecule has 0 aliphatic carbocycles. The van der Waals surface area contributed by atoms with Crippen molar-refractivity contribution >= 4 is 34.8 Å². The van der Waals surface area contributed by atoms with Crippen molar-refractivity contribution in [3.05, 3.63) is 41.1 Å². The minimum atomic E-state index is -0.0433. The van der Waals surface area contributed by atoms with Gasteiger partial charge in [-0.3, -0.25) is 0 Å². The number of fused-ring (bicyclic) bond motifs is 1. The second kappa shape index (κ2) is 6.02. The van der Waals surface area contributed by atoms with Gasteiger partial charge in [-0.2, -0.15) is 4.98 Å². The van der Waals surface area contributed by atoms with Crippen LogP contribution < -0.4 is 16.8 Å². The first-order chi connectivity index (χ1) is 11.3. The Hall–Kier alpha value is -2.21. The Morgan fingerprint density at radius 2 is 2.00 bits per heavy atom. The van der Waals surface area contributed by atoms with Crippen molar-refractivity contribution in [2.75, 3.05) is 23.0 Å². The lowest BCUT2D eigenvalue weighted by molar-refractivity contribution is 0.704. The SMILES string of the molecule is CSc1cc(Cc2cnc(N)nc2N)cc2c1NC(C)(C)C=C2C. The number of thioether (sulfide) groups is 1. The summed E-state index contributed by atoms with van der Waals surface area (Å²) < 4.78 is 0. The smallest absolute Gasteiger partial charge is 0.221 e. The maximum atomic E-state index is 5.98. The molecule has 1 aliphatic rings. The summed E-state index contributed by atoms with van der Waals surface area (Å²) in [6, 6.07) is 4.43. The first-order valence-electron chi connectivity index (χ1n) is 7.85. The molecule has 0 radical (unpaired) electrons. The van der Waals surface area contributed by atoms with Gasteiger partial charge in [0, 0.05) is 28.6 Å². The Morgan fingerprint density at radius 3 is 2.67 bits per heavy atom. The van der Waals surface area contributed by atoms with Crippen molar-refractivity contribution in [3.63, 3.8) is 0 Å². The third-order valence-corrected chi connectivity index (χ3v) is 4.90. The van der Waals surface area contributed by atoms with Gasteiger partial charge in [-0.1, -0.05) is 6.08 Å². The molecule has 0 unspecified atom stereocenters. The molecule has 126 valence electrons. The van der Waals surface area contributed by atoms with E-state index in [1.165, 1.54) is 27.3 Å². The number of hydrogen-bond acceptors (Lipinski definition) is 6. The number of rotatable bonds is 3. The van der Waals surface area contributed by atoms with E-state index in [1.807, 2.05) is 0 Å². The van der Waals surface area contributed by atoms with Crippen LogP contribution >= 0.6 is 11.8 Å². The molecule has 2 heterocycles. The standard InChI is InChI=1S/C18H23N5S/c1-10-8-18(2,3)23-15-13(10)6-11(7-14(15)24-4)5-12-9-21-17(20)22-16(12)19/h6-9,23H,5H2,1-4H3,(H4,19,20,21,22). The van der Waals surface area contributed by atoms with E-state index in [4.69, 9.17) is 11.5 Å². The fourth-order valence-corrected chi connectivity index (χ4v) is 3.78. The van der Waals surface area contributed by atoms with Crippen LogP contribution in [0.3, 0.4) is 0 Å². The van der Waals surface area contributed by atoms with Crippen LogP contribution in [0.1, 0.15) is 37.5 Å². The number of allylic oxidation sites excluding steroid dienone is 1. The number of nitrogen functional groups attached to an aromatic ring is 2. The van der Waals surface area contributed by atoms with Crippen molar-refractivity contribution in [2.45, 2.75) is 37.6 Å². The summed E-state index contributed by atoms with van der Waals surface area (Å²) in [5.74, 6) is 0.647. The Bertz CT molecular complexity index is 826. The molecular formula is C18H23N5S. The highest BCUT2D eigenvalue weighted by atomic mass is 32.2. The van der Waals surface area contributed by atoms with Crippen LogP contribution in [0, 0.1) is 0 Å². The zero-order valence-electron chi connectivity index (χ0n) is 14.5. The van der Waals surface area contributed by atoms with E-state index in [1.54, 1.807) is 18.0 Å². The Balaban J connectivity index is 2.04. The molecule has 2 aromatic rings. The maximum absolute atomic E-state index is 5.98. The number of nitrogens with two attached hydrogens (primary N) is 2. The molecule has 1 aromatic heterocycles. The van der Waals surface area contributed by atoms with Crippen molar-refractivity contribution in [1.82, 2.24) is 9.97 Å². The molecule has 0 spiro atoms. The summed E-state index contributed by atoms with van der Waals surface area (Å²) in [6.45, 7) is 6.53. The van der Waals surface area contributed by atoms with E-state index < -0.39 is 0 Å². The van der Waals surface area contributed by atoms with Crippen molar-refractivity contribution < 1.29 is 0 Å². The highest BCUT2D eigenvalue weighted by molar-refractivity contribution is 7.98. The maximum Gasteiger partial charge on any atom is 0.221 e. The number of hydrogen-bond donors (Lipinski definition) is 3. The zero-order chi connectivity index (χ0) is 17.5. The zero-order valence-corrected chi connectivity index (χ0v) is 15.3. The van der Waals surface area contributed by atoms with Gasteiger partial charge in [0.05, 0.1) is 11.2 Å². The van der Waals surface area contributed by atoms with Gasteiger partial charge in [0.15, 0.2) is 0 Å². The van der Waals surface area contributed by atoms with Gasteiger partial charge in [0.25, 0.3) is 0 Å². The second-order valence-electron chi connectivity index (χ2n) is 6.71. The van der Waals surface area contributed by atoms with Crippen molar-refractivity contribution in [2.24, 2.45) is 0 Å². The van der Waals surface area contributed by atoms with Crippen LogP contribution in [0.15, 0.2) is 29.3 Å². The van der Waals surface area contributed by atoms with Gasteiger partial charge in [0.2, 0.25) is 5.95 Å². The summed E-state index contributed by atoms with van der Waals surface area (Å²) in [6.07, 6.45) is 6.76. The molecule has 3 rings (SSSR count). The Labute approximate surface area is 147 Å². The van der Waals surface area contributed by atoms with Gasteiger partial charge in [-0.25, -0.2) is 4.98 Å². The predicted octanol–water partition coefficient (Wildman–Crippen LogP) is 3.56. The summed E-state index contributed by atoms with van der Waals surface area (Å²) >= 11 is 1.75. The van der Waals surface area contributed by atoms with E-state index in [-0.39, 0.29) is 11.5 Å². The quantitative estimate of drug-likeness (QED) is 0.740. The topological polar surface area (TPSA) is 89.8 Å². The lowest BCUT2D eigenvalue weighted by Crippen LogP contribution is -2.31. The minimum Gasteiger partial charge on any atom is -0.383 e. The third-order valence-electron chi connectivity index (χ3n) is 4.14. The monoisotopic (exact) mass is 341 g/mol. The normalized spacial score (nSPS) is 15.4. The molecule has 0 fully saturated rings. The fourth-order valence-electron chi connectivity index (χ4n) is 3.14. The van der Waals surface area contributed by atoms with Gasteiger partial charge >= 0.3 is 0 Å². The fraction of sp³-hybridized carbons (Fsp3) is 0.333. The van der Waals surface area contributed by atoms with E-state index in [0.29, 0.717) is 12.2 Å². The third kappa shape index (κ3) is 3.19. The molecule has 1 aromatic carbocycles. The number of aromatic nitrogens is 2. The van der Waals surface area contributed by atoms with Gasteiger partial charge in [-0.05, 0) is 50.3 Å². The van der Waals surface area contributed by atoms with E-state index in [9.17, 15) is 0 Å². The first kappa shape index (κ1) is 16.6. The van der Waals surface area contributed by atoms with Crippen LogP contribution in [-0.4, -0.2) is 21.8 Å². The van der Waals surface area contributed by atoms with E-state index >= 15 is 0 Å². The summed E-state index contributed by atoms with van der Waals surface area (Å²) in [4.78, 5) is 9.34. The van der Waals surface area contributed by atoms with Gasteiger partial charge < -0.3 is 16.8 Å². The molecule has 1 aliphatic heterocycles.